The quantitative estimate of drug-likeness (QED) is 0.883. The van der Waals surface area contributed by atoms with Gasteiger partial charge in [0, 0.05) is 18.8 Å². The van der Waals surface area contributed by atoms with Gasteiger partial charge in [-0.05, 0) is 25.0 Å². The van der Waals surface area contributed by atoms with E-state index in [4.69, 9.17) is 4.74 Å². The molecule has 0 saturated carbocycles. The Balaban J connectivity index is 1.94. The number of nitrogens with zero attached hydrogens (tertiary/aromatic N) is 1. The second-order valence-electron chi connectivity index (χ2n) is 4.70. The summed E-state index contributed by atoms with van der Waals surface area (Å²) in [5.41, 5.74) is 3.14. The first-order valence-corrected chi connectivity index (χ1v) is 6.33. The van der Waals surface area contributed by atoms with Crippen molar-refractivity contribution in [3.05, 3.63) is 29.3 Å². The fourth-order valence-electron chi connectivity index (χ4n) is 2.15. The van der Waals surface area contributed by atoms with Crippen molar-refractivity contribution in [1.29, 1.82) is 0 Å². The van der Waals surface area contributed by atoms with Crippen molar-refractivity contribution in [2.24, 2.45) is 0 Å². The summed E-state index contributed by atoms with van der Waals surface area (Å²) in [4.78, 5) is 14.1. The molecule has 1 heterocycles. The van der Waals surface area contributed by atoms with Crippen LogP contribution < -0.4 is 5.32 Å². The van der Waals surface area contributed by atoms with E-state index in [9.17, 15) is 4.79 Å². The van der Waals surface area contributed by atoms with Gasteiger partial charge in [0.05, 0.1) is 19.8 Å². The van der Waals surface area contributed by atoms with Crippen molar-refractivity contribution < 1.29 is 9.53 Å². The molecule has 0 unspecified atom stereocenters. The van der Waals surface area contributed by atoms with Crippen LogP contribution in [-0.4, -0.2) is 43.7 Å². The van der Waals surface area contributed by atoms with Crippen LogP contribution in [0.4, 0.5) is 5.69 Å². The minimum absolute atomic E-state index is 0.0503. The Hall–Kier alpha value is -1.39. The number of carbonyl (C=O) groups is 1. The summed E-state index contributed by atoms with van der Waals surface area (Å²) in [6, 6.07) is 6.02. The van der Waals surface area contributed by atoms with Crippen molar-refractivity contribution in [3.63, 3.8) is 0 Å². The molecule has 18 heavy (non-hydrogen) atoms. The summed E-state index contributed by atoms with van der Waals surface area (Å²) < 4.78 is 5.26. The average Bonchev–Trinajstić information content (AvgIpc) is 2.35. The van der Waals surface area contributed by atoms with E-state index in [0.29, 0.717) is 6.54 Å². The molecule has 1 aliphatic rings. The maximum atomic E-state index is 12.0. The Labute approximate surface area is 108 Å². The van der Waals surface area contributed by atoms with E-state index < -0.39 is 0 Å². The van der Waals surface area contributed by atoms with Crippen molar-refractivity contribution in [1.82, 2.24) is 4.90 Å². The van der Waals surface area contributed by atoms with E-state index in [0.717, 1.165) is 43.1 Å². The van der Waals surface area contributed by atoms with Gasteiger partial charge in [0.1, 0.15) is 0 Å². The minimum Gasteiger partial charge on any atom is -0.379 e. The monoisotopic (exact) mass is 248 g/mol. The maximum Gasteiger partial charge on any atom is 0.238 e. The van der Waals surface area contributed by atoms with Gasteiger partial charge in [-0.2, -0.15) is 0 Å². The summed E-state index contributed by atoms with van der Waals surface area (Å²) in [5.74, 6) is 0.0503. The lowest BCUT2D eigenvalue weighted by atomic mass is 10.1. The maximum absolute atomic E-state index is 12.0. The van der Waals surface area contributed by atoms with Crippen molar-refractivity contribution in [2.75, 3.05) is 38.2 Å². The largest absolute Gasteiger partial charge is 0.379 e. The van der Waals surface area contributed by atoms with Gasteiger partial charge >= 0.3 is 0 Å². The third-order valence-electron chi connectivity index (χ3n) is 3.22. The van der Waals surface area contributed by atoms with Crippen molar-refractivity contribution in [2.45, 2.75) is 13.8 Å². The lowest BCUT2D eigenvalue weighted by molar-refractivity contribution is -0.118. The van der Waals surface area contributed by atoms with E-state index in [1.807, 2.05) is 32.0 Å². The van der Waals surface area contributed by atoms with Gasteiger partial charge in [-0.3, -0.25) is 9.69 Å². The number of hydrogen-bond acceptors (Lipinski definition) is 3. The van der Waals surface area contributed by atoms with Crippen molar-refractivity contribution in [3.8, 4) is 0 Å². The molecule has 0 spiro atoms. The van der Waals surface area contributed by atoms with Crippen LogP contribution in [0.3, 0.4) is 0 Å². The molecular formula is C14H20N2O2. The molecule has 1 aromatic rings. The van der Waals surface area contributed by atoms with Gasteiger partial charge in [0.2, 0.25) is 5.91 Å². The number of morpholine rings is 1. The zero-order valence-electron chi connectivity index (χ0n) is 11.0. The van der Waals surface area contributed by atoms with Crippen LogP contribution in [-0.2, 0) is 9.53 Å². The molecule has 4 heteroatoms. The average molecular weight is 248 g/mol. The number of amides is 1. The lowest BCUT2D eigenvalue weighted by Gasteiger charge is -2.26. The first-order valence-electron chi connectivity index (χ1n) is 6.33. The van der Waals surface area contributed by atoms with E-state index in [-0.39, 0.29) is 5.91 Å². The predicted molar refractivity (Wildman–Crippen MR) is 71.8 cm³/mol. The Morgan fingerprint density at radius 3 is 2.50 bits per heavy atom. The summed E-state index contributed by atoms with van der Waals surface area (Å²) in [6.07, 6.45) is 0. The molecule has 4 nitrogen and oxygen atoms in total. The number of nitrogens with one attached hydrogen (secondary N) is 1. The molecule has 1 aromatic carbocycles. The number of hydrogen-bond donors (Lipinski definition) is 1. The zero-order valence-corrected chi connectivity index (χ0v) is 11.0. The van der Waals surface area contributed by atoms with Gasteiger partial charge in [0.15, 0.2) is 0 Å². The first-order chi connectivity index (χ1) is 8.66. The summed E-state index contributed by atoms with van der Waals surface area (Å²) in [6.45, 7) is 7.57. The van der Waals surface area contributed by atoms with Crippen LogP contribution in [0.1, 0.15) is 11.1 Å². The van der Waals surface area contributed by atoms with Gasteiger partial charge in [0.25, 0.3) is 0 Å². The highest BCUT2D eigenvalue weighted by atomic mass is 16.5. The first kappa shape index (κ1) is 13.1. The van der Waals surface area contributed by atoms with Crippen LogP contribution in [0, 0.1) is 13.8 Å². The predicted octanol–water partition coefficient (Wildman–Crippen LogP) is 1.57. The van der Waals surface area contributed by atoms with E-state index in [2.05, 4.69) is 10.2 Å². The Bertz CT molecular complexity index is 406. The lowest BCUT2D eigenvalue weighted by Crippen LogP contribution is -2.41. The van der Waals surface area contributed by atoms with E-state index in [1.54, 1.807) is 0 Å². The smallest absolute Gasteiger partial charge is 0.238 e. The molecule has 1 aliphatic heterocycles. The van der Waals surface area contributed by atoms with Crippen LogP contribution in [0.5, 0.6) is 0 Å². The fourth-order valence-corrected chi connectivity index (χ4v) is 2.15. The third-order valence-corrected chi connectivity index (χ3v) is 3.22. The third kappa shape index (κ3) is 3.31. The number of carbonyl (C=O) groups excluding carboxylic acids is 1. The number of ether oxygens (including phenoxy) is 1. The molecule has 0 radical (unpaired) electrons. The standard InChI is InChI=1S/C14H20N2O2/c1-11-4-3-5-12(2)14(11)15-13(17)10-16-6-8-18-9-7-16/h3-5H,6-10H2,1-2H3,(H,15,17). The Morgan fingerprint density at radius 2 is 1.89 bits per heavy atom. The number of benzene rings is 1. The van der Waals surface area contributed by atoms with Crippen LogP contribution in [0.2, 0.25) is 0 Å². The molecule has 1 N–H and O–H groups in total. The highest BCUT2D eigenvalue weighted by molar-refractivity contribution is 5.93. The molecule has 1 saturated heterocycles. The molecule has 1 amide bonds. The fraction of sp³-hybridized carbons (Fsp3) is 0.500. The molecule has 0 aromatic heterocycles. The van der Waals surface area contributed by atoms with Crippen molar-refractivity contribution >= 4 is 11.6 Å². The molecule has 2 rings (SSSR count). The molecule has 0 bridgehead atoms. The van der Waals surface area contributed by atoms with Gasteiger partial charge in [-0.15, -0.1) is 0 Å². The Kier molecular flexibility index (Phi) is 4.33. The van der Waals surface area contributed by atoms with Gasteiger partial charge in [-0.25, -0.2) is 0 Å². The molecular weight excluding hydrogens is 228 g/mol. The number of anilines is 1. The summed E-state index contributed by atoms with van der Waals surface area (Å²) in [5, 5.41) is 3.00. The second-order valence-corrected chi connectivity index (χ2v) is 4.70. The molecule has 1 fully saturated rings. The summed E-state index contributed by atoms with van der Waals surface area (Å²) >= 11 is 0. The van der Waals surface area contributed by atoms with Gasteiger partial charge < -0.3 is 10.1 Å². The number of para-hydroxylation sites is 1. The summed E-state index contributed by atoms with van der Waals surface area (Å²) in [7, 11) is 0. The highest BCUT2D eigenvalue weighted by Crippen LogP contribution is 2.19. The van der Waals surface area contributed by atoms with E-state index >= 15 is 0 Å². The highest BCUT2D eigenvalue weighted by Gasteiger charge is 2.15. The van der Waals surface area contributed by atoms with Crippen LogP contribution in [0.15, 0.2) is 18.2 Å². The Morgan fingerprint density at radius 1 is 1.28 bits per heavy atom. The second kappa shape index (κ2) is 5.98. The normalized spacial score (nSPS) is 16.6. The van der Waals surface area contributed by atoms with Crippen LogP contribution in [0.25, 0.3) is 0 Å². The molecule has 98 valence electrons. The van der Waals surface area contributed by atoms with E-state index in [1.165, 1.54) is 0 Å². The number of rotatable bonds is 3. The van der Waals surface area contributed by atoms with Crippen LogP contribution >= 0.6 is 0 Å². The topological polar surface area (TPSA) is 41.6 Å². The zero-order chi connectivity index (χ0) is 13.0. The molecule has 0 atom stereocenters. The van der Waals surface area contributed by atoms with Gasteiger partial charge in [-0.1, -0.05) is 18.2 Å². The minimum atomic E-state index is 0.0503. The molecule has 0 aliphatic carbocycles. The number of aryl methyl sites for hydroxylation is 2. The SMILES string of the molecule is Cc1cccc(C)c1NC(=O)CN1CCOCC1.